The van der Waals surface area contributed by atoms with Gasteiger partial charge in [0, 0.05) is 16.7 Å². The molecule has 0 atom stereocenters. The largest absolute Gasteiger partial charge is 0.493 e. The van der Waals surface area contributed by atoms with E-state index in [9.17, 15) is 9.90 Å². The Labute approximate surface area is 131 Å². The zero-order valence-corrected chi connectivity index (χ0v) is 14.2. The lowest BCUT2D eigenvalue weighted by molar-refractivity contribution is -0.146. The maximum Gasteiger partial charge on any atom is 0.309 e. The summed E-state index contributed by atoms with van der Waals surface area (Å²) in [6, 6.07) is 1.68. The normalized spacial score (nSPS) is 11.6. The van der Waals surface area contributed by atoms with Gasteiger partial charge in [-0.25, -0.2) is 0 Å². The van der Waals surface area contributed by atoms with E-state index in [1.165, 1.54) is 0 Å². The molecule has 0 saturated carbocycles. The molecule has 0 aliphatic heterocycles. The summed E-state index contributed by atoms with van der Waals surface area (Å²) in [5.74, 6) is 0.450. The highest BCUT2D eigenvalue weighted by Crippen LogP contribution is 2.43. The highest BCUT2D eigenvalue weighted by molar-refractivity contribution is 6.31. The lowest BCUT2D eigenvalue weighted by Gasteiger charge is -2.25. The quantitative estimate of drug-likeness (QED) is 0.857. The molecular formula is C16H23ClO4. The van der Waals surface area contributed by atoms with Gasteiger partial charge in [-0.2, -0.15) is 0 Å². The molecule has 5 heteroatoms. The van der Waals surface area contributed by atoms with Crippen molar-refractivity contribution in [1.82, 2.24) is 0 Å². The average molecular weight is 315 g/mol. The van der Waals surface area contributed by atoms with Crippen LogP contribution in [0, 0.1) is 5.41 Å². The number of rotatable bonds is 6. The smallest absolute Gasteiger partial charge is 0.309 e. The van der Waals surface area contributed by atoms with Crippen molar-refractivity contribution < 1.29 is 19.4 Å². The first-order chi connectivity index (χ1) is 9.65. The fourth-order valence-electron chi connectivity index (χ4n) is 2.34. The Bertz CT molecular complexity index is 536. The predicted molar refractivity (Wildman–Crippen MR) is 83.8 cm³/mol. The third-order valence-electron chi connectivity index (χ3n) is 3.54. The summed E-state index contributed by atoms with van der Waals surface area (Å²) in [5, 5.41) is 9.86. The molecule has 4 nitrogen and oxygen atoms in total. The molecule has 1 N–H and O–H groups in total. The highest BCUT2D eigenvalue weighted by Gasteiger charge is 2.31. The van der Waals surface area contributed by atoms with Crippen molar-refractivity contribution in [2.75, 3.05) is 14.2 Å². The number of benzene rings is 1. The second-order valence-corrected chi connectivity index (χ2v) is 6.41. The van der Waals surface area contributed by atoms with Gasteiger partial charge in [-0.15, -0.1) is 0 Å². The van der Waals surface area contributed by atoms with E-state index in [1.807, 2.05) is 13.8 Å². The van der Waals surface area contributed by atoms with E-state index >= 15 is 0 Å². The van der Waals surface area contributed by atoms with Gasteiger partial charge in [-0.3, -0.25) is 4.79 Å². The van der Waals surface area contributed by atoms with Crippen LogP contribution in [0.4, 0.5) is 0 Å². The van der Waals surface area contributed by atoms with Crippen LogP contribution in [0.5, 0.6) is 11.5 Å². The van der Waals surface area contributed by atoms with Crippen molar-refractivity contribution in [3.63, 3.8) is 0 Å². The number of carboxylic acid groups (broad SMARTS) is 1. The second kappa shape index (κ2) is 6.56. The van der Waals surface area contributed by atoms with E-state index in [4.69, 9.17) is 21.1 Å². The van der Waals surface area contributed by atoms with Crippen LogP contribution in [0.2, 0.25) is 5.02 Å². The summed E-state index contributed by atoms with van der Waals surface area (Å²) < 4.78 is 10.8. The highest BCUT2D eigenvalue weighted by atomic mass is 35.5. The Hall–Kier alpha value is -1.42. The fraction of sp³-hybridized carbons (Fsp3) is 0.562. The lowest BCUT2D eigenvalue weighted by atomic mass is 9.82. The van der Waals surface area contributed by atoms with Crippen molar-refractivity contribution in [3.05, 3.63) is 22.2 Å². The van der Waals surface area contributed by atoms with Gasteiger partial charge in [0.2, 0.25) is 0 Å². The van der Waals surface area contributed by atoms with Crippen LogP contribution in [0.15, 0.2) is 6.07 Å². The Morgan fingerprint density at radius 2 is 1.90 bits per heavy atom. The molecule has 0 aliphatic rings. The van der Waals surface area contributed by atoms with Gasteiger partial charge in [0.25, 0.3) is 0 Å². The first kappa shape index (κ1) is 17.6. The van der Waals surface area contributed by atoms with Gasteiger partial charge in [-0.1, -0.05) is 25.4 Å². The van der Waals surface area contributed by atoms with Gasteiger partial charge in [0.1, 0.15) is 0 Å². The summed E-state index contributed by atoms with van der Waals surface area (Å²) in [7, 11) is 3.13. The second-order valence-electron chi connectivity index (χ2n) is 6.01. The molecule has 0 spiro atoms. The summed E-state index contributed by atoms with van der Waals surface area (Å²) in [6.45, 7) is 7.41. The minimum absolute atomic E-state index is 0.132. The minimum atomic E-state index is -0.910. The molecule has 0 aromatic heterocycles. The molecule has 1 rings (SSSR count). The maximum atomic E-state index is 11.4. The lowest BCUT2D eigenvalue weighted by Crippen LogP contribution is -2.27. The Morgan fingerprint density at radius 1 is 1.33 bits per heavy atom. The third-order valence-corrected chi connectivity index (χ3v) is 3.88. The summed E-state index contributed by atoms with van der Waals surface area (Å²) in [4.78, 5) is 11.4. The molecule has 0 heterocycles. The molecule has 1 aromatic carbocycles. The number of carbonyl (C=O) groups is 1. The standard InChI is InChI=1S/C16H23ClO4/c1-9(2)13-10(8-16(3,4)15(18)19)11(17)7-12(20-5)14(13)21-6/h7,9H,8H2,1-6H3,(H,18,19). The van der Waals surface area contributed by atoms with Crippen LogP contribution in [-0.2, 0) is 11.2 Å². The molecule has 1 aromatic rings. The van der Waals surface area contributed by atoms with E-state index < -0.39 is 11.4 Å². The van der Waals surface area contributed by atoms with E-state index in [2.05, 4.69) is 0 Å². The molecule has 0 saturated heterocycles. The minimum Gasteiger partial charge on any atom is -0.493 e. The van der Waals surface area contributed by atoms with Crippen molar-refractivity contribution in [3.8, 4) is 11.5 Å². The van der Waals surface area contributed by atoms with Gasteiger partial charge in [0.05, 0.1) is 19.6 Å². The molecule has 0 amide bonds. The number of hydrogen-bond acceptors (Lipinski definition) is 3. The van der Waals surface area contributed by atoms with Crippen LogP contribution < -0.4 is 9.47 Å². The predicted octanol–water partition coefficient (Wildman–Crippen LogP) is 4.13. The number of ether oxygens (including phenoxy) is 2. The van der Waals surface area contributed by atoms with Crippen LogP contribution in [0.25, 0.3) is 0 Å². The van der Waals surface area contributed by atoms with Crippen molar-refractivity contribution in [2.24, 2.45) is 5.41 Å². The fourth-order valence-corrected chi connectivity index (χ4v) is 2.60. The molecule has 0 bridgehead atoms. The van der Waals surface area contributed by atoms with E-state index in [-0.39, 0.29) is 5.92 Å². The summed E-state index contributed by atoms with van der Waals surface area (Å²) >= 11 is 6.37. The Morgan fingerprint density at radius 3 is 2.29 bits per heavy atom. The molecule has 0 aliphatic carbocycles. The average Bonchev–Trinajstić information content (AvgIpc) is 2.39. The van der Waals surface area contributed by atoms with Crippen molar-refractivity contribution >= 4 is 17.6 Å². The zero-order chi connectivity index (χ0) is 16.4. The summed E-state index contributed by atoms with van der Waals surface area (Å²) in [5.41, 5.74) is 0.792. The first-order valence-electron chi connectivity index (χ1n) is 6.82. The zero-order valence-electron chi connectivity index (χ0n) is 13.4. The van der Waals surface area contributed by atoms with Gasteiger partial charge >= 0.3 is 5.97 Å². The van der Waals surface area contributed by atoms with Gasteiger partial charge < -0.3 is 14.6 Å². The molecule has 118 valence electrons. The van der Waals surface area contributed by atoms with E-state index in [0.717, 1.165) is 11.1 Å². The van der Waals surface area contributed by atoms with Crippen molar-refractivity contribution in [2.45, 2.75) is 40.0 Å². The van der Waals surface area contributed by atoms with Gasteiger partial charge in [0.15, 0.2) is 11.5 Å². The van der Waals surface area contributed by atoms with E-state index in [1.54, 1.807) is 34.1 Å². The Kier molecular flexibility index (Phi) is 5.51. The Balaban J connectivity index is 3.54. The molecule has 21 heavy (non-hydrogen) atoms. The first-order valence-corrected chi connectivity index (χ1v) is 7.20. The number of carboxylic acids is 1. The summed E-state index contributed by atoms with van der Waals surface area (Å²) in [6.07, 6.45) is 0.328. The molecular weight excluding hydrogens is 292 g/mol. The maximum absolute atomic E-state index is 11.4. The van der Waals surface area contributed by atoms with E-state index in [0.29, 0.717) is 22.9 Å². The number of hydrogen-bond donors (Lipinski definition) is 1. The molecule has 0 unspecified atom stereocenters. The van der Waals surface area contributed by atoms with Gasteiger partial charge in [-0.05, 0) is 31.7 Å². The third kappa shape index (κ3) is 3.62. The van der Waals surface area contributed by atoms with Crippen LogP contribution in [-0.4, -0.2) is 25.3 Å². The SMILES string of the molecule is COc1cc(Cl)c(CC(C)(C)C(=O)O)c(C(C)C)c1OC. The number of halogens is 1. The molecule has 0 radical (unpaired) electrons. The molecule has 0 fully saturated rings. The van der Waals surface area contributed by atoms with Crippen LogP contribution >= 0.6 is 11.6 Å². The van der Waals surface area contributed by atoms with Crippen LogP contribution in [0.1, 0.15) is 44.7 Å². The van der Waals surface area contributed by atoms with Crippen LogP contribution in [0.3, 0.4) is 0 Å². The number of aliphatic carboxylic acids is 1. The monoisotopic (exact) mass is 314 g/mol. The number of methoxy groups -OCH3 is 2. The topological polar surface area (TPSA) is 55.8 Å². The van der Waals surface area contributed by atoms with Crippen molar-refractivity contribution in [1.29, 1.82) is 0 Å².